The van der Waals surface area contributed by atoms with E-state index in [0.29, 0.717) is 22.8 Å². The minimum Gasteiger partial charge on any atom is -0.496 e. The maximum Gasteiger partial charge on any atom is 0.285 e. The molecule has 2 atom stereocenters. The highest BCUT2D eigenvalue weighted by atomic mass is 16.7. The smallest absolute Gasteiger partial charge is 0.285 e. The molecule has 2 aromatic carbocycles. The largest absolute Gasteiger partial charge is 0.496 e. The quantitative estimate of drug-likeness (QED) is 0.752. The van der Waals surface area contributed by atoms with Crippen LogP contribution in [0.15, 0.2) is 55.1 Å². The highest BCUT2D eigenvalue weighted by molar-refractivity contribution is 6.09. The van der Waals surface area contributed by atoms with Crippen LogP contribution in [0.25, 0.3) is 0 Å². The summed E-state index contributed by atoms with van der Waals surface area (Å²) in [5, 5.41) is 0. The Bertz CT molecular complexity index is 799. The first kappa shape index (κ1) is 17.0. The molecule has 0 saturated carbocycles. The van der Waals surface area contributed by atoms with Gasteiger partial charge in [0.25, 0.3) is 5.79 Å². The molecule has 5 nitrogen and oxygen atoms in total. The van der Waals surface area contributed by atoms with Crippen LogP contribution in [0.2, 0.25) is 0 Å². The van der Waals surface area contributed by atoms with Gasteiger partial charge < -0.3 is 18.9 Å². The molecule has 5 heteroatoms. The fourth-order valence-corrected chi connectivity index (χ4v) is 3.17. The van der Waals surface area contributed by atoms with Crippen LogP contribution >= 0.6 is 0 Å². The third-order valence-electron chi connectivity index (χ3n) is 4.41. The van der Waals surface area contributed by atoms with Gasteiger partial charge in [0.1, 0.15) is 22.8 Å². The minimum atomic E-state index is -1.54. The first-order chi connectivity index (χ1) is 12.1. The lowest BCUT2D eigenvalue weighted by Crippen LogP contribution is -2.47. The Hall–Kier alpha value is -2.79. The average molecular weight is 340 g/mol. The van der Waals surface area contributed by atoms with Crippen molar-refractivity contribution >= 4 is 5.78 Å². The summed E-state index contributed by atoms with van der Waals surface area (Å²) in [6, 6.07) is 12.8. The number of carbonyl (C=O) groups is 1. The number of fused-ring (bicyclic) bond motifs is 1. The molecule has 0 bridgehead atoms. The minimum absolute atomic E-state index is 0.307. The summed E-state index contributed by atoms with van der Waals surface area (Å²) in [6.07, 6.45) is 1.66. The molecule has 0 unspecified atom stereocenters. The number of Topliss-reactive ketones (excluding diaryl/α,β-unsaturated/α-hetero) is 1. The Morgan fingerprint density at radius 3 is 2.40 bits per heavy atom. The summed E-state index contributed by atoms with van der Waals surface area (Å²) in [5.41, 5.74) is 1.21. The monoisotopic (exact) mass is 340 g/mol. The van der Waals surface area contributed by atoms with Crippen molar-refractivity contribution in [1.29, 1.82) is 0 Å². The van der Waals surface area contributed by atoms with Gasteiger partial charge in [-0.1, -0.05) is 36.4 Å². The molecule has 0 spiro atoms. The number of methoxy groups -OCH3 is 3. The van der Waals surface area contributed by atoms with Gasteiger partial charge in [-0.15, -0.1) is 6.58 Å². The van der Waals surface area contributed by atoms with Crippen LogP contribution in [0.1, 0.15) is 21.8 Å². The lowest BCUT2D eigenvalue weighted by molar-refractivity contribution is -0.126. The Morgan fingerprint density at radius 2 is 1.84 bits per heavy atom. The van der Waals surface area contributed by atoms with E-state index in [1.54, 1.807) is 18.2 Å². The van der Waals surface area contributed by atoms with Crippen LogP contribution in [-0.2, 0) is 4.74 Å². The van der Waals surface area contributed by atoms with Gasteiger partial charge in [-0.2, -0.15) is 0 Å². The third kappa shape index (κ3) is 2.57. The molecule has 0 N–H and O–H groups in total. The SMILES string of the molecule is C=C[C@H](c1ccccc1)[C@]1(OC)Oc2cc(OC)cc(OC)c2C1=O. The van der Waals surface area contributed by atoms with E-state index in [1.807, 2.05) is 30.3 Å². The molecule has 0 radical (unpaired) electrons. The molecule has 2 aromatic rings. The van der Waals surface area contributed by atoms with E-state index >= 15 is 0 Å². The highest BCUT2D eigenvalue weighted by Gasteiger charge is 2.55. The maximum atomic E-state index is 13.3. The molecule has 0 aliphatic carbocycles. The summed E-state index contributed by atoms with van der Waals surface area (Å²) in [7, 11) is 4.49. The van der Waals surface area contributed by atoms with Crippen LogP contribution in [-0.4, -0.2) is 32.9 Å². The zero-order chi connectivity index (χ0) is 18.0. The van der Waals surface area contributed by atoms with Crippen LogP contribution in [0.5, 0.6) is 17.2 Å². The van der Waals surface area contributed by atoms with Crippen molar-refractivity contribution in [1.82, 2.24) is 0 Å². The molecule has 0 saturated heterocycles. The predicted molar refractivity (Wildman–Crippen MR) is 93.6 cm³/mol. The Balaban J connectivity index is 2.15. The summed E-state index contributed by atoms with van der Waals surface area (Å²) < 4.78 is 22.3. The molecule has 0 fully saturated rings. The second kappa shape index (κ2) is 6.61. The molecule has 3 rings (SSSR count). The Labute approximate surface area is 146 Å². The van der Waals surface area contributed by atoms with Gasteiger partial charge in [-0.25, -0.2) is 0 Å². The fraction of sp³-hybridized carbons (Fsp3) is 0.250. The van der Waals surface area contributed by atoms with Gasteiger partial charge in [-0.3, -0.25) is 4.79 Å². The van der Waals surface area contributed by atoms with Crippen molar-refractivity contribution in [3.8, 4) is 17.2 Å². The van der Waals surface area contributed by atoms with Gasteiger partial charge in [0.05, 0.1) is 20.1 Å². The summed E-state index contributed by atoms with van der Waals surface area (Å²) in [4.78, 5) is 13.3. The van der Waals surface area contributed by atoms with E-state index in [2.05, 4.69) is 6.58 Å². The standard InChI is InChI=1S/C20H20O5/c1-5-15(13-9-7-6-8-10-13)20(24-4)19(21)18-16(23-3)11-14(22-2)12-17(18)25-20/h5-12,15H,1H2,2-4H3/t15-,20+/m1/s1. The number of hydrogen-bond acceptors (Lipinski definition) is 5. The van der Waals surface area contributed by atoms with Crippen molar-refractivity contribution in [3.63, 3.8) is 0 Å². The summed E-state index contributed by atoms with van der Waals surface area (Å²) in [5.74, 6) is -1.05. The van der Waals surface area contributed by atoms with Gasteiger partial charge in [0, 0.05) is 19.2 Å². The number of ketones is 1. The van der Waals surface area contributed by atoms with E-state index in [1.165, 1.54) is 21.3 Å². The van der Waals surface area contributed by atoms with E-state index in [0.717, 1.165) is 5.56 Å². The lowest BCUT2D eigenvalue weighted by Gasteiger charge is -2.32. The van der Waals surface area contributed by atoms with Crippen LogP contribution in [0.4, 0.5) is 0 Å². The second-order valence-electron chi connectivity index (χ2n) is 5.63. The molecule has 1 heterocycles. The first-order valence-electron chi connectivity index (χ1n) is 7.83. The summed E-state index contributed by atoms with van der Waals surface area (Å²) >= 11 is 0. The van der Waals surface area contributed by atoms with Gasteiger partial charge in [0.15, 0.2) is 0 Å². The summed E-state index contributed by atoms with van der Waals surface area (Å²) in [6.45, 7) is 3.88. The number of ether oxygens (including phenoxy) is 4. The normalized spacial score (nSPS) is 19.7. The van der Waals surface area contributed by atoms with Gasteiger partial charge in [0.2, 0.25) is 5.78 Å². The topological polar surface area (TPSA) is 54.0 Å². The molecule has 1 aliphatic rings. The molecule has 0 aromatic heterocycles. The molecular formula is C20H20O5. The van der Waals surface area contributed by atoms with E-state index < -0.39 is 11.7 Å². The second-order valence-corrected chi connectivity index (χ2v) is 5.63. The maximum absolute atomic E-state index is 13.3. The van der Waals surface area contributed by atoms with Crippen LogP contribution < -0.4 is 14.2 Å². The molecule has 0 amide bonds. The molecule has 1 aliphatic heterocycles. The van der Waals surface area contributed by atoms with Gasteiger partial charge in [-0.05, 0) is 5.56 Å². The number of benzene rings is 2. The van der Waals surface area contributed by atoms with Crippen molar-refractivity contribution in [2.24, 2.45) is 0 Å². The van der Waals surface area contributed by atoms with Crippen molar-refractivity contribution in [2.75, 3.05) is 21.3 Å². The van der Waals surface area contributed by atoms with Crippen molar-refractivity contribution < 1.29 is 23.7 Å². The van der Waals surface area contributed by atoms with E-state index in [9.17, 15) is 4.79 Å². The number of hydrogen-bond donors (Lipinski definition) is 0. The fourth-order valence-electron chi connectivity index (χ4n) is 3.17. The zero-order valence-corrected chi connectivity index (χ0v) is 14.4. The van der Waals surface area contributed by atoms with Crippen molar-refractivity contribution in [2.45, 2.75) is 11.7 Å². The Kier molecular flexibility index (Phi) is 4.51. The third-order valence-corrected chi connectivity index (χ3v) is 4.41. The van der Waals surface area contributed by atoms with E-state index in [-0.39, 0.29) is 5.78 Å². The molecule has 130 valence electrons. The highest BCUT2D eigenvalue weighted by Crippen LogP contribution is 2.48. The average Bonchev–Trinajstić information content (AvgIpc) is 2.95. The van der Waals surface area contributed by atoms with Gasteiger partial charge >= 0.3 is 0 Å². The Morgan fingerprint density at radius 1 is 1.12 bits per heavy atom. The van der Waals surface area contributed by atoms with Crippen LogP contribution in [0, 0.1) is 0 Å². The number of carbonyl (C=O) groups excluding carboxylic acids is 1. The number of rotatable bonds is 6. The lowest BCUT2D eigenvalue weighted by atomic mass is 9.86. The first-order valence-corrected chi connectivity index (χ1v) is 7.83. The molecular weight excluding hydrogens is 320 g/mol. The van der Waals surface area contributed by atoms with E-state index in [4.69, 9.17) is 18.9 Å². The zero-order valence-electron chi connectivity index (χ0n) is 14.4. The predicted octanol–water partition coefficient (Wildman–Crippen LogP) is 3.59. The van der Waals surface area contributed by atoms with Crippen LogP contribution in [0.3, 0.4) is 0 Å². The van der Waals surface area contributed by atoms with Crippen molar-refractivity contribution in [3.05, 3.63) is 66.2 Å². The molecule has 25 heavy (non-hydrogen) atoms.